The van der Waals surface area contributed by atoms with E-state index in [4.69, 9.17) is 9.72 Å². The number of thiazole rings is 1. The first-order valence-corrected chi connectivity index (χ1v) is 10.6. The molecule has 0 saturated carbocycles. The normalized spacial score (nSPS) is 16.6. The Morgan fingerprint density at radius 1 is 1.32 bits per heavy atom. The van der Waals surface area contributed by atoms with E-state index in [0.717, 1.165) is 42.3 Å². The van der Waals surface area contributed by atoms with Crippen LogP contribution in [-0.4, -0.2) is 48.4 Å². The summed E-state index contributed by atoms with van der Waals surface area (Å²) in [6.45, 7) is 3.94. The summed E-state index contributed by atoms with van der Waals surface area (Å²) < 4.78 is 5.16. The summed E-state index contributed by atoms with van der Waals surface area (Å²) in [6.07, 6.45) is 3.27. The van der Waals surface area contributed by atoms with Gasteiger partial charge in [0.15, 0.2) is 0 Å². The minimum Gasteiger partial charge on any atom is -0.497 e. The SMILES string of the molecule is CCC(=O)NCCc1csc([C@H]2CCCN(C(=O)c3ccc(OC)cc3)C2)n1. The third kappa shape index (κ3) is 5.10. The number of hydrogen-bond donors (Lipinski definition) is 1. The number of piperidine rings is 1. The van der Waals surface area contributed by atoms with E-state index in [1.807, 2.05) is 36.1 Å². The van der Waals surface area contributed by atoms with E-state index in [1.54, 1.807) is 18.4 Å². The van der Waals surface area contributed by atoms with Gasteiger partial charge in [0.1, 0.15) is 5.75 Å². The summed E-state index contributed by atoms with van der Waals surface area (Å²) in [4.78, 5) is 30.9. The third-order valence-electron chi connectivity index (χ3n) is 4.99. The van der Waals surface area contributed by atoms with Crippen LogP contribution in [0.15, 0.2) is 29.6 Å². The van der Waals surface area contributed by atoms with Crippen LogP contribution in [0.1, 0.15) is 53.2 Å². The molecule has 1 aromatic carbocycles. The maximum atomic E-state index is 12.8. The number of nitrogens with one attached hydrogen (secondary N) is 1. The Balaban J connectivity index is 1.58. The van der Waals surface area contributed by atoms with Crippen molar-refractivity contribution in [2.24, 2.45) is 0 Å². The number of amides is 2. The van der Waals surface area contributed by atoms with Crippen molar-refractivity contribution in [3.05, 3.63) is 45.9 Å². The van der Waals surface area contributed by atoms with Crippen LogP contribution < -0.4 is 10.1 Å². The maximum absolute atomic E-state index is 12.8. The van der Waals surface area contributed by atoms with Crippen LogP contribution in [0.25, 0.3) is 0 Å². The number of likely N-dealkylation sites (tertiary alicyclic amines) is 1. The number of carbonyl (C=O) groups excluding carboxylic acids is 2. The molecular weight excluding hydrogens is 374 g/mol. The molecule has 6 nitrogen and oxygen atoms in total. The minimum absolute atomic E-state index is 0.0615. The van der Waals surface area contributed by atoms with Crippen LogP contribution >= 0.6 is 11.3 Å². The first-order chi connectivity index (χ1) is 13.6. The molecule has 0 unspecified atom stereocenters. The Morgan fingerprint density at radius 2 is 2.11 bits per heavy atom. The van der Waals surface area contributed by atoms with Crippen molar-refractivity contribution in [2.45, 2.75) is 38.5 Å². The summed E-state index contributed by atoms with van der Waals surface area (Å²) in [6, 6.07) is 7.27. The first kappa shape index (κ1) is 20.3. The predicted molar refractivity (Wildman–Crippen MR) is 110 cm³/mol. The van der Waals surface area contributed by atoms with Crippen LogP contribution in [0, 0.1) is 0 Å². The second kappa shape index (κ2) is 9.68. The fourth-order valence-electron chi connectivity index (χ4n) is 3.36. The van der Waals surface area contributed by atoms with Gasteiger partial charge in [-0.15, -0.1) is 11.3 Å². The van der Waals surface area contributed by atoms with E-state index in [2.05, 4.69) is 10.7 Å². The van der Waals surface area contributed by atoms with Gasteiger partial charge in [0.2, 0.25) is 5.91 Å². The summed E-state index contributed by atoms with van der Waals surface area (Å²) >= 11 is 1.66. The van der Waals surface area contributed by atoms with E-state index in [9.17, 15) is 9.59 Å². The molecule has 1 aromatic heterocycles. The van der Waals surface area contributed by atoms with Crippen molar-refractivity contribution in [1.29, 1.82) is 0 Å². The molecule has 2 heterocycles. The van der Waals surface area contributed by atoms with E-state index in [0.29, 0.717) is 25.1 Å². The Labute approximate surface area is 169 Å². The highest BCUT2D eigenvalue weighted by Gasteiger charge is 2.27. The Hall–Kier alpha value is -2.41. The Bertz CT molecular complexity index is 803. The standard InChI is InChI=1S/C21H27N3O3S/c1-3-19(25)22-11-10-17-14-28-20(23-17)16-5-4-12-24(13-16)21(26)15-6-8-18(27-2)9-7-15/h6-9,14,16H,3-5,10-13H2,1-2H3,(H,22,25)/t16-/m0/s1. The van der Waals surface area contributed by atoms with Crippen LogP contribution in [0.4, 0.5) is 0 Å². The van der Waals surface area contributed by atoms with Gasteiger partial charge >= 0.3 is 0 Å². The number of aromatic nitrogens is 1. The molecular formula is C21H27N3O3S. The van der Waals surface area contributed by atoms with E-state index in [1.165, 1.54) is 0 Å². The van der Waals surface area contributed by atoms with Crippen LogP contribution in [-0.2, 0) is 11.2 Å². The molecule has 7 heteroatoms. The summed E-state index contributed by atoms with van der Waals surface area (Å²) in [7, 11) is 1.62. The van der Waals surface area contributed by atoms with Crippen molar-refractivity contribution >= 4 is 23.2 Å². The monoisotopic (exact) mass is 401 g/mol. The highest BCUT2D eigenvalue weighted by molar-refractivity contribution is 7.09. The number of nitrogens with zero attached hydrogens (tertiary/aromatic N) is 2. The summed E-state index contributed by atoms with van der Waals surface area (Å²) in [5, 5.41) is 6.04. The van der Waals surface area contributed by atoms with Crippen LogP contribution in [0.2, 0.25) is 0 Å². The quantitative estimate of drug-likeness (QED) is 0.773. The average molecular weight is 402 g/mol. The molecule has 150 valence electrons. The molecule has 2 aromatic rings. The molecule has 3 rings (SSSR count). The van der Waals surface area contributed by atoms with Crippen molar-refractivity contribution in [2.75, 3.05) is 26.7 Å². The van der Waals surface area contributed by atoms with Gasteiger partial charge in [-0.25, -0.2) is 4.98 Å². The molecule has 0 aliphatic carbocycles. The number of benzene rings is 1. The van der Waals surface area contributed by atoms with Crippen LogP contribution in [0.5, 0.6) is 5.75 Å². The van der Waals surface area contributed by atoms with Gasteiger partial charge in [-0.2, -0.15) is 0 Å². The lowest BCUT2D eigenvalue weighted by atomic mass is 9.98. The lowest BCUT2D eigenvalue weighted by molar-refractivity contribution is -0.120. The first-order valence-electron chi connectivity index (χ1n) is 9.75. The molecule has 0 bridgehead atoms. The zero-order valence-electron chi connectivity index (χ0n) is 16.4. The molecule has 0 spiro atoms. The third-order valence-corrected chi connectivity index (χ3v) is 6.04. The van der Waals surface area contributed by atoms with E-state index < -0.39 is 0 Å². The summed E-state index contributed by atoms with van der Waals surface area (Å²) in [5.74, 6) is 1.15. The fourth-order valence-corrected chi connectivity index (χ4v) is 4.34. The van der Waals surface area contributed by atoms with Crippen LogP contribution in [0.3, 0.4) is 0 Å². The number of rotatable bonds is 7. The molecule has 1 saturated heterocycles. The lowest BCUT2D eigenvalue weighted by Gasteiger charge is -2.32. The average Bonchev–Trinajstić information content (AvgIpc) is 3.22. The van der Waals surface area contributed by atoms with Gasteiger partial charge in [-0.05, 0) is 37.1 Å². The maximum Gasteiger partial charge on any atom is 0.253 e. The van der Waals surface area contributed by atoms with Gasteiger partial charge in [0, 0.05) is 49.3 Å². The Kier molecular flexibility index (Phi) is 7.03. The molecule has 1 aliphatic rings. The number of hydrogen-bond acceptors (Lipinski definition) is 5. The van der Waals surface area contributed by atoms with Crippen molar-refractivity contribution in [3.8, 4) is 5.75 Å². The highest BCUT2D eigenvalue weighted by atomic mass is 32.1. The molecule has 0 radical (unpaired) electrons. The molecule has 28 heavy (non-hydrogen) atoms. The second-order valence-electron chi connectivity index (χ2n) is 6.95. The number of methoxy groups -OCH3 is 1. The number of carbonyl (C=O) groups is 2. The van der Waals surface area contributed by atoms with Gasteiger partial charge in [-0.3, -0.25) is 9.59 Å². The van der Waals surface area contributed by atoms with Gasteiger partial charge in [-0.1, -0.05) is 6.92 Å². The van der Waals surface area contributed by atoms with Crippen molar-refractivity contribution in [3.63, 3.8) is 0 Å². The van der Waals surface area contributed by atoms with Gasteiger partial charge < -0.3 is 15.0 Å². The predicted octanol–water partition coefficient (Wildman–Crippen LogP) is 3.24. The smallest absolute Gasteiger partial charge is 0.253 e. The zero-order valence-corrected chi connectivity index (χ0v) is 17.3. The molecule has 2 amide bonds. The van der Waals surface area contributed by atoms with Gasteiger partial charge in [0.05, 0.1) is 17.8 Å². The Morgan fingerprint density at radius 3 is 2.82 bits per heavy atom. The molecule has 1 aliphatic heterocycles. The largest absolute Gasteiger partial charge is 0.497 e. The van der Waals surface area contributed by atoms with E-state index >= 15 is 0 Å². The molecule has 1 fully saturated rings. The van der Waals surface area contributed by atoms with Crippen molar-refractivity contribution < 1.29 is 14.3 Å². The zero-order chi connectivity index (χ0) is 19.9. The highest BCUT2D eigenvalue weighted by Crippen LogP contribution is 2.30. The topological polar surface area (TPSA) is 71.5 Å². The van der Waals surface area contributed by atoms with Gasteiger partial charge in [0.25, 0.3) is 5.91 Å². The molecule has 1 N–H and O–H groups in total. The minimum atomic E-state index is 0.0615. The fraction of sp³-hybridized carbons (Fsp3) is 0.476. The lowest BCUT2D eigenvalue weighted by Crippen LogP contribution is -2.39. The van der Waals surface area contributed by atoms with Crippen molar-refractivity contribution in [1.82, 2.24) is 15.2 Å². The second-order valence-corrected chi connectivity index (χ2v) is 7.84. The number of ether oxygens (including phenoxy) is 1. The molecule has 1 atom stereocenters. The van der Waals surface area contributed by atoms with E-state index in [-0.39, 0.29) is 17.7 Å². The summed E-state index contributed by atoms with van der Waals surface area (Å²) in [5.41, 5.74) is 1.70.